The van der Waals surface area contributed by atoms with Crippen LogP contribution >= 0.6 is 0 Å². The Morgan fingerprint density at radius 3 is 2.68 bits per heavy atom. The van der Waals surface area contributed by atoms with E-state index in [2.05, 4.69) is 32.6 Å². The molecule has 0 aromatic rings. The fraction of sp³-hybridized carbons (Fsp3) is 1.00. The summed E-state index contributed by atoms with van der Waals surface area (Å²) >= 11 is 0. The van der Waals surface area contributed by atoms with Gasteiger partial charge in [-0.3, -0.25) is 4.90 Å². The molecule has 0 bridgehead atoms. The predicted octanol–water partition coefficient (Wildman–Crippen LogP) is 2.78. The van der Waals surface area contributed by atoms with Gasteiger partial charge < -0.3 is 10.5 Å². The van der Waals surface area contributed by atoms with E-state index in [1.54, 1.807) is 0 Å². The second-order valence-corrected chi connectivity index (χ2v) is 7.37. The minimum atomic E-state index is -0.0427. The standard InChI is InChI=1S/C16H32N2O/c1-5-14-7-6-8-16(9-14,11-17)18-10-13(2)19-15(3,4)12-18/h13-14H,5-12,17H2,1-4H3. The van der Waals surface area contributed by atoms with E-state index in [0.717, 1.165) is 25.6 Å². The maximum absolute atomic E-state index is 6.24. The summed E-state index contributed by atoms with van der Waals surface area (Å²) < 4.78 is 6.05. The van der Waals surface area contributed by atoms with E-state index in [-0.39, 0.29) is 11.1 Å². The van der Waals surface area contributed by atoms with Crippen LogP contribution in [0, 0.1) is 5.92 Å². The van der Waals surface area contributed by atoms with Gasteiger partial charge in [0.1, 0.15) is 0 Å². The summed E-state index contributed by atoms with van der Waals surface area (Å²) in [6.45, 7) is 11.8. The second kappa shape index (κ2) is 5.71. The Kier molecular flexibility index (Phi) is 4.59. The van der Waals surface area contributed by atoms with Gasteiger partial charge in [-0.2, -0.15) is 0 Å². The van der Waals surface area contributed by atoms with Crippen LogP contribution < -0.4 is 5.73 Å². The van der Waals surface area contributed by atoms with Crippen molar-refractivity contribution in [2.24, 2.45) is 11.7 Å². The van der Waals surface area contributed by atoms with Gasteiger partial charge in [0.25, 0.3) is 0 Å². The fourth-order valence-electron chi connectivity index (χ4n) is 4.23. The van der Waals surface area contributed by atoms with Crippen molar-refractivity contribution in [1.29, 1.82) is 0 Å². The van der Waals surface area contributed by atoms with Gasteiger partial charge in [-0.05, 0) is 39.5 Å². The van der Waals surface area contributed by atoms with Crippen LogP contribution in [0.3, 0.4) is 0 Å². The number of morpholine rings is 1. The minimum absolute atomic E-state index is 0.0427. The normalized spacial score (nSPS) is 40.3. The molecule has 1 saturated carbocycles. The van der Waals surface area contributed by atoms with Crippen LogP contribution in [-0.2, 0) is 4.74 Å². The molecule has 0 amide bonds. The van der Waals surface area contributed by atoms with Gasteiger partial charge in [-0.15, -0.1) is 0 Å². The molecule has 1 aliphatic heterocycles. The first-order valence-corrected chi connectivity index (χ1v) is 8.04. The topological polar surface area (TPSA) is 38.5 Å². The van der Waals surface area contributed by atoms with Gasteiger partial charge in [-0.1, -0.05) is 26.2 Å². The molecule has 3 unspecified atom stereocenters. The van der Waals surface area contributed by atoms with Crippen molar-refractivity contribution in [2.45, 2.75) is 77.0 Å². The lowest BCUT2D eigenvalue weighted by Crippen LogP contribution is -2.64. The van der Waals surface area contributed by atoms with Crippen molar-refractivity contribution < 1.29 is 4.74 Å². The lowest BCUT2D eigenvalue weighted by atomic mass is 9.73. The molecule has 0 spiro atoms. The van der Waals surface area contributed by atoms with Crippen molar-refractivity contribution in [3.63, 3.8) is 0 Å². The monoisotopic (exact) mass is 268 g/mol. The zero-order valence-corrected chi connectivity index (χ0v) is 13.2. The lowest BCUT2D eigenvalue weighted by Gasteiger charge is -2.54. The van der Waals surface area contributed by atoms with Crippen LogP contribution in [0.15, 0.2) is 0 Å². The number of ether oxygens (including phenoxy) is 1. The summed E-state index contributed by atoms with van der Waals surface area (Å²) in [5, 5.41) is 0. The third kappa shape index (κ3) is 3.32. The lowest BCUT2D eigenvalue weighted by molar-refractivity contribution is -0.159. The number of nitrogens with zero attached hydrogens (tertiary/aromatic N) is 1. The third-order valence-electron chi connectivity index (χ3n) is 5.12. The van der Waals surface area contributed by atoms with Crippen molar-refractivity contribution in [3.05, 3.63) is 0 Å². The van der Waals surface area contributed by atoms with Crippen molar-refractivity contribution >= 4 is 0 Å². The highest BCUT2D eigenvalue weighted by molar-refractivity contribution is 5.00. The number of hydrogen-bond acceptors (Lipinski definition) is 3. The third-order valence-corrected chi connectivity index (χ3v) is 5.12. The predicted molar refractivity (Wildman–Crippen MR) is 80.2 cm³/mol. The maximum Gasteiger partial charge on any atom is 0.0757 e. The first-order valence-electron chi connectivity index (χ1n) is 8.04. The van der Waals surface area contributed by atoms with Crippen molar-refractivity contribution in [1.82, 2.24) is 4.90 Å². The van der Waals surface area contributed by atoms with Gasteiger partial charge in [0.15, 0.2) is 0 Å². The zero-order chi connectivity index (χ0) is 14.1. The van der Waals surface area contributed by atoms with E-state index < -0.39 is 0 Å². The second-order valence-electron chi connectivity index (χ2n) is 7.37. The van der Waals surface area contributed by atoms with Crippen LogP contribution in [0.5, 0.6) is 0 Å². The molecule has 112 valence electrons. The Morgan fingerprint density at radius 1 is 1.37 bits per heavy atom. The molecule has 2 aliphatic rings. The number of rotatable bonds is 3. The van der Waals surface area contributed by atoms with E-state index in [1.807, 2.05) is 0 Å². The van der Waals surface area contributed by atoms with Crippen LogP contribution in [0.25, 0.3) is 0 Å². The highest BCUT2D eigenvalue weighted by Gasteiger charge is 2.44. The van der Waals surface area contributed by atoms with Crippen LogP contribution in [0.4, 0.5) is 0 Å². The molecule has 3 heteroatoms. The van der Waals surface area contributed by atoms with E-state index in [0.29, 0.717) is 6.10 Å². The van der Waals surface area contributed by atoms with Crippen LogP contribution in [0.1, 0.15) is 59.8 Å². The van der Waals surface area contributed by atoms with E-state index in [4.69, 9.17) is 10.5 Å². The molecular weight excluding hydrogens is 236 g/mol. The molecule has 0 radical (unpaired) electrons. The molecule has 2 rings (SSSR count). The first kappa shape index (κ1) is 15.3. The Balaban J connectivity index is 2.15. The molecule has 1 saturated heterocycles. The Labute approximate surface area is 118 Å². The Bertz CT molecular complexity index is 305. The quantitative estimate of drug-likeness (QED) is 0.855. The zero-order valence-electron chi connectivity index (χ0n) is 13.2. The van der Waals surface area contributed by atoms with E-state index in [1.165, 1.54) is 32.1 Å². The first-order chi connectivity index (χ1) is 8.91. The maximum atomic E-state index is 6.24. The molecule has 0 aromatic carbocycles. The minimum Gasteiger partial charge on any atom is -0.370 e. The highest BCUT2D eigenvalue weighted by Crippen LogP contribution is 2.40. The molecule has 19 heavy (non-hydrogen) atoms. The summed E-state index contributed by atoms with van der Waals surface area (Å²) in [4.78, 5) is 2.66. The molecule has 3 nitrogen and oxygen atoms in total. The summed E-state index contributed by atoms with van der Waals surface area (Å²) in [5.74, 6) is 0.860. The van der Waals surface area contributed by atoms with Gasteiger partial charge in [-0.25, -0.2) is 0 Å². The fourth-order valence-corrected chi connectivity index (χ4v) is 4.23. The number of hydrogen-bond donors (Lipinski definition) is 1. The molecule has 1 aliphatic carbocycles. The molecule has 2 fully saturated rings. The Hall–Kier alpha value is -0.120. The van der Waals surface area contributed by atoms with E-state index >= 15 is 0 Å². The molecule has 2 N–H and O–H groups in total. The van der Waals surface area contributed by atoms with Gasteiger partial charge in [0, 0.05) is 25.2 Å². The smallest absolute Gasteiger partial charge is 0.0757 e. The summed E-state index contributed by atoms with van der Waals surface area (Å²) in [6.07, 6.45) is 6.88. The summed E-state index contributed by atoms with van der Waals surface area (Å²) in [5.41, 5.74) is 6.43. The molecule has 0 aromatic heterocycles. The average Bonchev–Trinajstić information content (AvgIpc) is 2.36. The summed E-state index contributed by atoms with van der Waals surface area (Å²) in [7, 11) is 0. The molecule has 3 atom stereocenters. The largest absolute Gasteiger partial charge is 0.370 e. The van der Waals surface area contributed by atoms with Gasteiger partial charge >= 0.3 is 0 Å². The highest BCUT2D eigenvalue weighted by atomic mass is 16.5. The van der Waals surface area contributed by atoms with Gasteiger partial charge in [0.05, 0.1) is 11.7 Å². The molecular formula is C16H32N2O. The van der Waals surface area contributed by atoms with Gasteiger partial charge in [0.2, 0.25) is 0 Å². The number of nitrogens with two attached hydrogens (primary N) is 1. The van der Waals surface area contributed by atoms with Crippen LogP contribution in [0.2, 0.25) is 0 Å². The van der Waals surface area contributed by atoms with Crippen molar-refractivity contribution in [3.8, 4) is 0 Å². The summed E-state index contributed by atoms with van der Waals surface area (Å²) in [6, 6.07) is 0. The van der Waals surface area contributed by atoms with E-state index in [9.17, 15) is 0 Å². The Morgan fingerprint density at radius 2 is 2.11 bits per heavy atom. The van der Waals surface area contributed by atoms with Crippen LogP contribution in [-0.4, -0.2) is 41.8 Å². The SMILES string of the molecule is CCC1CCCC(CN)(N2CC(C)OC(C)(C)C2)C1. The average molecular weight is 268 g/mol. The van der Waals surface area contributed by atoms with Crippen molar-refractivity contribution in [2.75, 3.05) is 19.6 Å². The molecule has 1 heterocycles.